The molecule has 19 nitrogen and oxygen atoms in total. The lowest BCUT2D eigenvalue weighted by molar-refractivity contribution is -0.144. The molecule has 4 amide bonds. The quantitative estimate of drug-likeness (QED) is 0.0381. The van der Waals surface area contributed by atoms with Crippen molar-refractivity contribution in [3.05, 3.63) is 0 Å². The molecule has 6 N–H and O–H groups in total. The zero-order chi connectivity index (χ0) is 43.8. The number of nitrogens with one attached hydrogen (secondary N) is 3. The molecule has 0 aliphatic heterocycles. The summed E-state index contributed by atoms with van der Waals surface area (Å²) in [5, 5.41) is 33.3. The van der Waals surface area contributed by atoms with Gasteiger partial charge in [-0.3, -0.25) is 44.0 Å². The number of unbranched alkanes of at least 4 members (excludes halogenated alkanes) is 13. The van der Waals surface area contributed by atoms with Crippen LogP contribution in [0.1, 0.15) is 135 Å². The molecule has 0 aromatic rings. The molecule has 339 valence electrons. The SMILES string of the molecule is O=[C]COCCOCCNC(=O)COCCOCCN(NC(=O)CC[C@H](NC(=O)CCCCCCCCCCCCCCCCC(=O)O)C(=O)O)C(=O)CCCC(=O)O. The normalized spacial score (nSPS) is 11.4. The van der Waals surface area contributed by atoms with E-state index in [0.29, 0.717) is 6.42 Å². The standard InChI is InChI=1S/C40H69N4O15/c45-24-27-58-29-28-56-25-22-41-36(48)32-59-31-30-57-26-23-44(37(49)17-15-19-39(52)53)43-35(47)21-20-33(40(54)55)42-34(46)16-13-11-9-7-5-3-1-2-4-6-8-10-12-14-18-38(50)51/h33H,1-23,25-32H2,(H,41,48)(H,42,46)(H,43,47)(H,50,51)(H,52,53)(H,54,55)/t33-/m0/s1. The maximum atomic E-state index is 12.8. The third-order valence-electron chi connectivity index (χ3n) is 8.85. The predicted octanol–water partition coefficient (Wildman–Crippen LogP) is 3.07. The lowest BCUT2D eigenvalue weighted by Crippen LogP contribution is -2.48. The largest absolute Gasteiger partial charge is 0.481 e. The van der Waals surface area contributed by atoms with Crippen LogP contribution in [-0.4, -0.2) is 140 Å². The molecule has 0 aromatic heterocycles. The van der Waals surface area contributed by atoms with Crippen molar-refractivity contribution in [1.82, 2.24) is 21.1 Å². The lowest BCUT2D eigenvalue weighted by Gasteiger charge is -2.24. The van der Waals surface area contributed by atoms with E-state index in [9.17, 15) is 43.5 Å². The highest BCUT2D eigenvalue weighted by Crippen LogP contribution is 2.14. The van der Waals surface area contributed by atoms with E-state index in [1.165, 1.54) is 25.7 Å². The van der Waals surface area contributed by atoms with Gasteiger partial charge in [0.2, 0.25) is 29.9 Å². The number of rotatable bonds is 42. The Labute approximate surface area is 347 Å². The average molecular weight is 846 g/mol. The number of amides is 4. The van der Waals surface area contributed by atoms with Gasteiger partial charge in [0.1, 0.15) is 19.3 Å². The van der Waals surface area contributed by atoms with Crippen molar-refractivity contribution >= 4 is 47.8 Å². The summed E-state index contributed by atoms with van der Waals surface area (Å²) in [7, 11) is 0. The smallest absolute Gasteiger partial charge is 0.326 e. The van der Waals surface area contributed by atoms with E-state index in [1.54, 1.807) is 6.29 Å². The van der Waals surface area contributed by atoms with E-state index in [4.69, 9.17) is 29.2 Å². The number of carboxylic acids is 3. The van der Waals surface area contributed by atoms with Crippen LogP contribution in [-0.2, 0) is 57.3 Å². The third kappa shape index (κ3) is 37.8. The summed E-state index contributed by atoms with van der Waals surface area (Å²) >= 11 is 0. The Balaban J connectivity index is 4.34. The molecule has 1 atom stereocenters. The molecule has 0 spiro atoms. The van der Waals surface area contributed by atoms with Crippen molar-refractivity contribution < 1.29 is 72.6 Å². The Kier molecular flexibility index (Phi) is 36.5. The van der Waals surface area contributed by atoms with E-state index in [-0.39, 0.29) is 117 Å². The molecule has 0 fully saturated rings. The highest BCUT2D eigenvalue weighted by atomic mass is 16.5. The van der Waals surface area contributed by atoms with Crippen LogP contribution in [0.25, 0.3) is 0 Å². The Morgan fingerprint density at radius 1 is 0.525 bits per heavy atom. The molecule has 0 heterocycles. The fourth-order valence-corrected chi connectivity index (χ4v) is 5.65. The number of hydrogen-bond acceptors (Lipinski definition) is 12. The summed E-state index contributed by atoms with van der Waals surface area (Å²) in [5.41, 5.74) is 2.43. The van der Waals surface area contributed by atoms with Crippen LogP contribution in [0.3, 0.4) is 0 Å². The van der Waals surface area contributed by atoms with Crippen molar-refractivity contribution in [3.8, 4) is 0 Å². The topological polar surface area (TPSA) is 273 Å². The maximum absolute atomic E-state index is 12.8. The highest BCUT2D eigenvalue weighted by molar-refractivity contribution is 5.85. The molecule has 19 heteroatoms. The predicted molar refractivity (Wildman–Crippen MR) is 214 cm³/mol. The first-order valence-corrected chi connectivity index (χ1v) is 20.9. The van der Waals surface area contributed by atoms with Crippen molar-refractivity contribution in [3.63, 3.8) is 0 Å². The minimum Gasteiger partial charge on any atom is -0.481 e. The maximum Gasteiger partial charge on any atom is 0.326 e. The van der Waals surface area contributed by atoms with E-state index >= 15 is 0 Å². The van der Waals surface area contributed by atoms with Crippen LogP contribution >= 0.6 is 0 Å². The number of aliphatic carboxylic acids is 3. The van der Waals surface area contributed by atoms with Gasteiger partial charge in [-0.25, -0.2) is 4.79 Å². The molecule has 0 saturated heterocycles. The van der Waals surface area contributed by atoms with Crippen LogP contribution in [0, 0.1) is 0 Å². The van der Waals surface area contributed by atoms with Crippen molar-refractivity contribution in [1.29, 1.82) is 0 Å². The molecule has 0 rings (SSSR count). The second-order valence-corrected chi connectivity index (χ2v) is 14.0. The van der Waals surface area contributed by atoms with Crippen molar-refractivity contribution in [2.45, 2.75) is 141 Å². The van der Waals surface area contributed by atoms with Gasteiger partial charge in [0.05, 0.1) is 46.2 Å². The van der Waals surface area contributed by atoms with Crippen LogP contribution in [0.4, 0.5) is 0 Å². The van der Waals surface area contributed by atoms with Gasteiger partial charge >= 0.3 is 17.9 Å². The van der Waals surface area contributed by atoms with Crippen LogP contribution in [0.2, 0.25) is 0 Å². The summed E-state index contributed by atoms with van der Waals surface area (Å²) in [6.45, 7) is 0.606. The van der Waals surface area contributed by atoms with E-state index < -0.39 is 41.7 Å². The Bertz CT molecular complexity index is 1190. The molecular weight excluding hydrogens is 776 g/mol. The van der Waals surface area contributed by atoms with Gasteiger partial charge in [-0.2, -0.15) is 0 Å². The lowest BCUT2D eigenvalue weighted by atomic mass is 10.0. The Morgan fingerprint density at radius 3 is 1.59 bits per heavy atom. The minimum absolute atomic E-state index is 0.0347. The van der Waals surface area contributed by atoms with Crippen LogP contribution in [0.15, 0.2) is 0 Å². The third-order valence-corrected chi connectivity index (χ3v) is 8.85. The number of hydrazine groups is 1. The zero-order valence-electron chi connectivity index (χ0n) is 34.7. The second kappa shape index (κ2) is 39.3. The summed E-state index contributed by atoms with van der Waals surface area (Å²) in [6, 6.07) is -1.30. The van der Waals surface area contributed by atoms with Crippen molar-refractivity contribution in [2.75, 3.05) is 65.9 Å². The molecule has 0 aliphatic carbocycles. The minimum atomic E-state index is -1.30. The van der Waals surface area contributed by atoms with Gasteiger partial charge in [0.25, 0.3) is 0 Å². The summed E-state index contributed by atoms with van der Waals surface area (Å²) in [5.74, 6) is -5.13. The van der Waals surface area contributed by atoms with E-state index in [1.807, 2.05) is 0 Å². The van der Waals surface area contributed by atoms with Gasteiger partial charge in [0.15, 0.2) is 0 Å². The molecule has 1 radical (unpaired) electrons. The molecule has 0 bridgehead atoms. The number of ether oxygens (including phenoxy) is 4. The van der Waals surface area contributed by atoms with Gasteiger partial charge < -0.3 is 44.9 Å². The molecule has 0 unspecified atom stereocenters. The fourth-order valence-electron chi connectivity index (χ4n) is 5.65. The summed E-state index contributed by atoms with van der Waals surface area (Å²) in [4.78, 5) is 93.2. The zero-order valence-corrected chi connectivity index (χ0v) is 34.7. The van der Waals surface area contributed by atoms with Gasteiger partial charge in [-0.05, 0) is 25.7 Å². The monoisotopic (exact) mass is 845 g/mol. The highest BCUT2D eigenvalue weighted by Gasteiger charge is 2.23. The first-order chi connectivity index (χ1) is 28.5. The molecule has 0 saturated carbocycles. The molecular formula is C40H69N4O15. The molecule has 59 heavy (non-hydrogen) atoms. The number of carbonyl (C=O) groups excluding carboxylic acids is 5. The van der Waals surface area contributed by atoms with E-state index in [0.717, 1.165) is 62.8 Å². The number of carboxylic acid groups (broad SMARTS) is 3. The van der Waals surface area contributed by atoms with Gasteiger partial charge in [0, 0.05) is 38.6 Å². The first-order valence-electron chi connectivity index (χ1n) is 20.9. The number of nitrogens with zero attached hydrogens (tertiary/aromatic N) is 1. The Hall–Kier alpha value is -4.20. The number of carbonyl (C=O) groups is 7. The molecule has 0 aliphatic rings. The fraction of sp³-hybridized carbons (Fsp3) is 0.800. The summed E-state index contributed by atoms with van der Waals surface area (Å²) < 4.78 is 20.8. The molecule has 0 aromatic carbocycles. The summed E-state index contributed by atoms with van der Waals surface area (Å²) in [6.07, 6.45) is 15.6. The van der Waals surface area contributed by atoms with E-state index in [2.05, 4.69) is 16.1 Å². The Morgan fingerprint density at radius 2 is 1.03 bits per heavy atom. The average Bonchev–Trinajstić information content (AvgIpc) is 3.18. The number of hydrogen-bond donors (Lipinski definition) is 6. The first kappa shape index (κ1) is 54.8. The van der Waals surface area contributed by atoms with Crippen LogP contribution < -0.4 is 16.1 Å². The van der Waals surface area contributed by atoms with Gasteiger partial charge in [-0.1, -0.05) is 77.0 Å². The van der Waals surface area contributed by atoms with Crippen LogP contribution in [0.5, 0.6) is 0 Å². The second-order valence-electron chi connectivity index (χ2n) is 14.0. The van der Waals surface area contributed by atoms with Crippen molar-refractivity contribution in [2.24, 2.45) is 0 Å². The van der Waals surface area contributed by atoms with Gasteiger partial charge in [-0.15, -0.1) is 0 Å².